The van der Waals surface area contributed by atoms with Crippen LogP contribution in [0.1, 0.15) is 51.8 Å². The molecule has 1 fully saturated rings. The van der Waals surface area contributed by atoms with Gasteiger partial charge >= 0.3 is 5.92 Å². The maximum atomic E-state index is 14.8. The van der Waals surface area contributed by atoms with Crippen LogP contribution in [-0.4, -0.2) is 66.0 Å². The molecule has 0 radical (unpaired) electrons. The highest BCUT2D eigenvalue weighted by Crippen LogP contribution is 2.34. The highest BCUT2D eigenvalue weighted by atomic mass is 35.5. The third-order valence-corrected chi connectivity index (χ3v) is 7.26. The third-order valence-electron chi connectivity index (χ3n) is 7.01. The first-order valence-corrected chi connectivity index (χ1v) is 12.0. The molecule has 2 aromatic carbocycles. The molecule has 7 nitrogen and oxygen atoms in total. The number of halogens is 3. The van der Waals surface area contributed by atoms with Crippen LogP contribution in [0.25, 0.3) is 0 Å². The van der Waals surface area contributed by atoms with Crippen LogP contribution in [-0.2, 0) is 20.3 Å². The van der Waals surface area contributed by atoms with Crippen molar-refractivity contribution in [1.82, 2.24) is 15.5 Å². The van der Waals surface area contributed by atoms with Crippen molar-refractivity contribution in [1.29, 1.82) is 0 Å². The van der Waals surface area contributed by atoms with E-state index in [2.05, 4.69) is 10.6 Å². The largest absolute Gasteiger partial charge is 0.352 e. The quantitative estimate of drug-likeness (QED) is 0.339. The Morgan fingerprint density at radius 3 is 2.44 bits per heavy atom. The number of fused-ring (bicyclic) bond motifs is 1. The topological polar surface area (TPSA) is 95.6 Å². The summed E-state index contributed by atoms with van der Waals surface area (Å²) in [5.74, 6) is -7.69. The summed E-state index contributed by atoms with van der Waals surface area (Å²) < 4.78 is 29.6. The number of hydrogen-bond acceptors (Lipinski definition) is 4. The monoisotopic (exact) mass is 509 g/mol. The van der Waals surface area contributed by atoms with Gasteiger partial charge in [0.15, 0.2) is 0 Å². The van der Waals surface area contributed by atoms with Gasteiger partial charge in [-0.3, -0.25) is 24.5 Å². The molecule has 0 aromatic heterocycles. The van der Waals surface area contributed by atoms with Gasteiger partial charge in [0, 0.05) is 34.5 Å². The summed E-state index contributed by atoms with van der Waals surface area (Å²) in [6.45, 7) is 0. The summed E-state index contributed by atoms with van der Waals surface area (Å²) in [7, 11) is 6.90. The van der Waals surface area contributed by atoms with E-state index in [0.717, 1.165) is 12.1 Å². The molecule has 3 atom stereocenters. The van der Waals surface area contributed by atoms with Gasteiger partial charge in [0.25, 0.3) is 11.8 Å². The molecule has 14 heteroatoms. The third kappa shape index (κ3) is 4.34. The van der Waals surface area contributed by atoms with E-state index in [0.29, 0.717) is 27.6 Å². The fourth-order valence-electron chi connectivity index (χ4n) is 5.18. The number of piperidine rings is 1. The van der Waals surface area contributed by atoms with Crippen molar-refractivity contribution in [2.75, 3.05) is 0 Å². The minimum atomic E-state index is -3.77. The molecule has 3 unspecified atom stereocenters. The van der Waals surface area contributed by atoms with Gasteiger partial charge in [-0.05, 0) is 29.7 Å². The van der Waals surface area contributed by atoms with Crippen molar-refractivity contribution in [2.45, 2.75) is 36.7 Å². The van der Waals surface area contributed by atoms with E-state index in [4.69, 9.17) is 11.6 Å². The lowest BCUT2D eigenvalue weighted by Crippen LogP contribution is -2.53. The van der Waals surface area contributed by atoms with Gasteiger partial charge in [-0.2, -0.15) is 8.78 Å². The van der Waals surface area contributed by atoms with Crippen LogP contribution in [0.5, 0.6) is 0 Å². The number of hydrogen-bond donors (Lipinski definition) is 2. The average molecular weight is 509 g/mol. The van der Waals surface area contributed by atoms with Gasteiger partial charge in [0.1, 0.15) is 37.4 Å². The molecular formula is C22H22B4ClF2N3O4. The van der Waals surface area contributed by atoms with E-state index in [-0.39, 0.29) is 29.7 Å². The van der Waals surface area contributed by atoms with Crippen molar-refractivity contribution in [2.24, 2.45) is 0 Å². The summed E-state index contributed by atoms with van der Waals surface area (Å²) in [6, 6.07) is 5.72. The minimum absolute atomic E-state index is 0.136. The van der Waals surface area contributed by atoms with Crippen LogP contribution in [0.15, 0.2) is 30.3 Å². The molecule has 0 bridgehead atoms. The highest BCUT2D eigenvalue weighted by molar-refractivity contribution is 6.43. The maximum Gasteiger partial charge on any atom is 0.349 e. The van der Waals surface area contributed by atoms with E-state index in [1.807, 2.05) is 0 Å². The molecule has 36 heavy (non-hydrogen) atoms. The molecule has 2 aliphatic heterocycles. The van der Waals surface area contributed by atoms with Crippen LogP contribution < -0.4 is 21.6 Å². The van der Waals surface area contributed by atoms with Crippen molar-refractivity contribution in [3.8, 4) is 0 Å². The molecule has 2 aromatic rings. The van der Waals surface area contributed by atoms with Gasteiger partial charge in [-0.25, -0.2) is 0 Å². The lowest BCUT2D eigenvalue weighted by molar-refractivity contribution is -0.147. The number of carbonyl (C=O) groups is 4. The second-order valence-corrected chi connectivity index (χ2v) is 9.76. The van der Waals surface area contributed by atoms with Gasteiger partial charge in [0.2, 0.25) is 11.8 Å². The number of alkyl halides is 2. The summed E-state index contributed by atoms with van der Waals surface area (Å²) >= 11 is 5.77. The van der Waals surface area contributed by atoms with Crippen LogP contribution in [0.4, 0.5) is 8.78 Å². The smallest absolute Gasteiger partial charge is 0.349 e. The fraction of sp³-hybridized carbons (Fsp3) is 0.273. The van der Waals surface area contributed by atoms with Crippen molar-refractivity contribution in [3.05, 3.63) is 57.6 Å². The van der Waals surface area contributed by atoms with Crippen LogP contribution in [0.3, 0.4) is 0 Å². The maximum absolute atomic E-state index is 14.8. The number of amides is 4. The number of nitrogens with one attached hydrogen (secondary N) is 2. The predicted octanol–water partition coefficient (Wildman–Crippen LogP) is -2.71. The summed E-state index contributed by atoms with van der Waals surface area (Å²) in [6.07, 6.45) is 0.364. The fourth-order valence-corrected chi connectivity index (χ4v) is 5.31. The SMILES string of the molecule is Bc1cc(C(B)NC(=O)C(F)(F)c2ccc(Cl)cc2)c(B)c2c1C(=O)N(C1CCC(=O)NC1=O)C2B. The Bertz CT molecular complexity index is 1300. The first kappa shape index (κ1) is 26.0. The highest BCUT2D eigenvalue weighted by Gasteiger charge is 2.45. The molecule has 4 rings (SSSR count). The first-order valence-electron chi connectivity index (χ1n) is 11.6. The van der Waals surface area contributed by atoms with Crippen molar-refractivity contribution < 1.29 is 28.0 Å². The van der Waals surface area contributed by atoms with Crippen LogP contribution in [0.2, 0.25) is 5.02 Å². The van der Waals surface area contributed by atoms with E-state index in [1.54, 1.807) is 37.5 Å². The zero-order valence-corrected chi connectivity index (χ0v) is 21.0. The number of rotatable bonds is 5. The summed E-state index contributed by atoms with van der Waals surface area (Å²) in [5.41, 5.74) is 2.55. The van der Waals surface area contributed by atoms with Gasteiger partial charge in [-0.1, -0.05) is 40.7 Å². The Labute approximate surface area is 215 Å². The number of nitrogens with zero attached hydrogens (tertiary/aromatic N) is 1. The van der Waals surface area contributed by atoms with Crippen LogP contribution in [0, 0.1) is 0 Å². The zero-order valence-electron chi connectivity index (χ0n) is 20.2. The van der Waals surface area contributed by atoms with Gasteiger partial charge < -0.3 is 10.2 Å². The summed E-state index contributed by atoms with van der Waals surface area (Å²) in [4.78, 5) is 51.5. The number of benzene rings is 2. The molecule has 1 saturated heterocycles. The van der Waals surface area contributed by atoms with Crippen LogP contribution >= 0.6 is 11.6 Å². The Kier molecular flexibility index (Phi) is 6.81. The lowest BCUT2D eigenvalue weighted by Gasteiger charge is -2.33. The summed E-state index contributed by atoms with van der Waals surface area (Å²) in [5, 5.41) is 4.97. The number of imide groups is 1. The molecule has 2 aliphatic rings. The Morgan fingerprint density at radius 2 is 1.83 bits per heavy atom. The van der Waals surface area contributed by atoms with Crippen molar-refractivity contribution >= 4 is 77.5 Å². The van der Waals surface area contributed by atoms with E-state index in [9.17, 15) is 28.0 Å². The minimum Gasteiger partial charge on any atom is -0.352 e. The second kappa shape index (κ2) is 9.42. The Morgan fingerprint density at radius 1 is 1.19 bits per heavy atom. The molecule has 0 aliphatic carbocycles. The molecular weight excluding hydrogens is 487 g/mol. The molecule has 4 amide bonds. The van der Waals surface area contributed by atoms with E-state index in [1.165, 1.54) is 17.0 Å². The number of carbonyl (C=O) groups excluding carboxylic acids is 4. The Hall–Kier alpha value is -3.07. The van der Waals surface area contributed by atoms with E-state index < -0.39 is 41.2 Å². The van der Waals surface area contributed by atoms with E-state index >= 15 is 0 Å². The molecule has 2 N–H and O–H groups in total. The van der Waals surface area contributed by atoms with Crippen molar-refractivity contribution in [3.63, 3.8) is 0 Å². The molecule has 2 heterocycles. The predicted molar refractivity (Wildman–Crippen MR) is 141 cm³/mol. The standard InChI is InChI=1S/C22H22B4ClF2N3O4/c23-11-7-10(17(25)31-21(36)22(28,29)8-1-3-9(27)4-2-8)16(24)15-14(11)20(35)32(18(15)26)12-5-6-13(33)30-19(12)34/h1-4,7,12,17-18H,5-6,23-26H2,(H,31,36)(H,30,33,34). The molecule has 182 valence electrons. The zero-order chi connectivity index (χ0) is 26.5. The normalized spacial score (nSPS) is 20.6. The average Bonchev–Trinajstić information content (AvgIpc) is 3.07. The Balaban J connectivity index is 1.62. The van der Waals surface area contributed by atoms with Gasteiger partial charge in [0.05, 0.1) is 0 Å². The first-order chi connectivity index (χ1) is 16.8. The van der Waals surface area contributed by atoms with Gasteiger partial charge in [-0.15, -0.1) is 0 Å². The second-order valence-electron chi connectivity index (χ2n) is 9.33. The molecule has 0 saturated carbocycles. The lowest BCUT2D eigenvalue weighted by atomic mass is 9.69. The molecule has 0 spiro atoms.